The molecule has 2 aliphatic heterocycles. The van der Waals surface area contributed by atoms with E-state index in [2.05, 4.69) is 34.1 Å². The number of halogens is 1. The minimum atomic E-state index is -2.03. The molecule has 4 unspecified atom stereocenters. The Labute approximate surface area is 223 Å². The van der Waals surface area contributed by atoms with Crippen LogP contribution in [0.25, 0.3) is 0 Å². The van der Waals surface area contributed by atoms with E-state index in [0.29, 0.717) is 23.5 Å². The summed E-state index contributed by atoms with van der Waals surface area (Å²) in [6.45, 7) is 2.07. The van der Waals surface area contributed by atoms with Gasteiger partial charge in [0.15, 0.2) is 5.41 Å². The third-order valence-corrected chi connectivity index (χ3v) is 7.88. The standard InChI is InChI=1S/C29H21BrN4O3/c1-19-28(18-33)26(34)37-29(19,22-9-11-23(30)12-10-22)36-25(27(28,16-31)17-32)21-7-13-24(14-8-21)35-15-20-5-3-2-4-6-20/h2-14,19,25,34H,15H2,1H3. The van der Waals surface area contributed by atoms with Gasteiger partial charge in [-0.2, -0.15) is 15.8 Å². The molecule has 7 nitrogen and oxygen atoms in total. The van der Waals surface area contributed by atoms with Crippen molar-refractivity contribution >= 4 is 21.8 Å². The van der Waals surface area contributed by atoms with Crippen LogP contribution in [0.5, 0.6) is 5.75 Å². The van der Waals surface area contributed by atoms with Crippen molar-refractivity contribution in [2.24, 2.45) is 16.7 Å². The Morgan fingerprint density at radius 3 is 2.16 bits per heavy atom. The van der Waals surface area contributed by atoms with Crippen LogP contribution in [-0.2, 0) is 21.9 Å². The molecule has 2 fully saturated rings. The van der Waals surface area contributed by atoms with Crippen LogP contribution in [0.2, 0.25) is 0 Å². The van der Waals surface area contributed by atoms with Gasteiger partial charge in [0.2, 0.25) is 17.1 Å². The summed E-state index contributed by atoms with van der Waals surface area (Å²) in [5.74, 6) is -2.19. The van der Waals surface area contributed by atoms with Crippen molar-refractivity contribution in [3.8, 4) is 24.0 Å². The zero-order valence-corrected chi connectivity index (χ0v) is 21.4. The lowest BCUT2D eigenvalue weighted by atomic mass is 9.53. The molecule has 0 aliphatic carbocycles. The highest BCUT2D eigenvalue weighted by Gasteiger charge is 2.79. The molecule has 1 N–H and O–H groups in total. The number of nitriles is 3. The summed E-state index contributed by atoms with van der Waals surface area (Å²) >= 11 is 3.42. The number of ether oxygens (including phenoxy) is 3. The normalized spacial score (nSPS) is 27.3. The number of rotatable bonds is 5. The van der Waals surface area contributed by atoms with E-state index >= 15 is 0 Å². The van der Waals surface area contributed by atoms with Crippen LogP contribution in [0.3, 0.4) is 0 Å². The Hall–Kier alpha value is -4.16. The first-order valence-electron chi connectivity index (χ1n) is 11.6. The Kier molecular flexibility index (Phi) is 6.00. The molecule has 37 heavy (non-hydrogen) atoms. The third-order valence-electron chi connectivity index (χ3n) is 7.35. The molecule has 3 aromatic carbocycles. The minimum Gasteiger partial charge on any atom is -0.489 e. The molecule has 0 aromatic heterocycles. The smallest absolute Gasteiger partial charge is 0.244 e. The Morgan fingerprint density at radius 1 is 0.919 bits per heavy atom. The summed E-state index contributed by atoms with van der Waals surface area (Å²) in [4.78, 5) is 0. The first-order valence-corrected chi connectivity index (χ1v) is 12.4. The van der Waals surface area contributed by atoms with Crippen molar-refractivity contribution in [3.63, 3.8) is 0 Å². The molecular formula is C29H21BrN4O3. The van der Waals surface area contributed by atoms with Crippen molar-refractivity contribution in [1.29, 1.82) is 21.2 Å². The van der Waals surface area contributed by atoms with E-state index < -0.39 is 34.5 Å². The first kappa shape index (κ1) is 24.5. The maximum absolute atomic E-state index is 10.4. The topological polar surface area (TPSA) is 123 Å². The van der Waals surface area contributed by atoms with Crippen LogP contribution < -0.4 is 4.74 Å². The molecule has 2 saturated heterocycles. The second kappa shape index (κ2) is 9.05. The Balaban J connectivity index is 1.58. The number of hydrogen-bond donors (Lipinski definition) is 1. The van der Waals surface area contributed by atoms with E-state index in [1.165, 1.54) is 0 Å². The quantitative estimate of drug-likeness (QED) is 0.405. The lowest BCUT2D eigenvalue weighted by Gasteiger charge is -2.48. The largest absolute Gasteiger partial charge is 0.489 e. The summed E-state index contributed by atoms with van der Waals surface area (Å²) in [7, 11) is 0. The van der Waals surface area contributed by atoms with Gasteiger partial charge >= 0.3 is 0 Å². The van der Waals surface area contributed by atoms with Gasteiger partial charge < -0.3 is 14.2 Å². The zero-order chi connectivity index (χ0) is 26.3. The summed E-state index contributed by atoms with van der Waals surface area (Å²) < 4.78 is 19.3. The summed E-state index contributed by atoms with van der Waals surface area (Å²) in [6, 6.07) is 30.1. The molecule has 0 spiro atoms. The van der Waals surface area contributed by atoms with Gasteiger partial charge in [0.1, 0.15) is 18.5 Å². The molecule has 0 radical (unpaired) electrons. The van der Waals surface area contributed by atoms with E-state index in [0.717, 1.165) is 10.0 Å². The fourth-order valence-electron chi connectivity index (χ4n) is 5.33. The van der Waals surface area contributed by atoms with E-state index in [1.54, 1.807) is 43.3 Å². The SMILES string of the molecule is CC1C2(c3ccc(Br)cc3)OC(=N)C1(C#N)C(C#N)(C#N)C(c1ccc(OCc3ccccc3)cc1)O2. The van der Waals surface area contributed by atoms with Gasteiger partial charge in [0, 0.05) is 10.0 Å². The molecule has 4 atom stereocenters. The summed E-state index contributed by atoms with van der Waals surface area (Å²) in [5.41, 5.74) is -1.78. The second-order valence-corrected chi connectivity index (χ2v) is 10.0. The van der Waals surface area contributed by atoms with Gasteiger partial charge in [0.25, 0.3) is 0 Å². The van der Waals surface area contributed by atoms with Crippen LogP contribution in [0, 0.1) is 56.2 Å². The highest BCUT2D eigenvalue weighted by atomic mass is 79.9. The lowest BCUT2D eigenvalue weighted by molar-refractivity contribution is -0.288. The molecule has 2 heterocycles. The average Bonchev–Trinajstić information content (AvgIpc) is 3.09. The number of hydrogen-bond acceptors (Lipinski definition) is 7. The van der Waals surface area contributed by atoms with Gasteiger partial charge in [-0.25, -0.2) is 0 Å². The van der Waals surface area contributed by atoms with Crippen molar-refractivity contribution in [2.45, 2.75) is 25.4 Å². The summed E-state index contributed by atoms with van der Waals surface area (Å²) in [6.07, 6.45) is -1.17. The number of nitrogens with one attached hydrogen (secondary N) is 1. The Morgan fingerprint density at radius 2 is 1.57 bits per heavy atom. The number of benzene rings is 3. The molecular weight excluding hydrogens is 532 g/mol. The molecule has 8 heteroatoms. The van der Waals surface area contributed by atoms with Gasteiger partial charge in [-0.15, -0.1) is 0 Å². The van der Waals surface area contributed by atoms with Gasteiger partial charge in [-0.1, -0.05) is 77.5 Å². The van der Waals surface area contributed by atoms with Gasteiger partial charge in [-0.3, -0.25) is 5.41 Å². The molecule has 3 aromatic rings. The van der Waals surface area contributed by atoms with Crippen LogP contribution in [0.1, 0.15) is 29.7 Å². The molecule has 0 amide bonds. The van der Waals surface area contributed by atoms with Crippen LogP contribution in [-0.4, -0.2) is 5.90 Å². The highest BCUT2D eigenvalue weighted by molar-refractivity contribution is 9.10. The summed E-state index contributed by atoms with van der Waals surface area (Å²) in [5, 5.41) is 39.9. The zero-order valence-electron chi connectivity index (χ0n) is 19.8. The lowest BCUT2D eigenvalue weighted by Crippen LogP contribution is -2.57. The van der Waals surface area contributed by atoms with E-state index in [-0.39, 0.29) is 0 Å². The maximum atomic E-state index is 10.4. The Bertz CT molecular complexity index is 1460. The van der Waals surface area contributed by atoms with Crippen LogP contribution in [0.15, 0.2) is 83.3 Å². The predicted octanol–water partition coefficient (Wildman–Crippen LogP) is 6.14. The molecule has 2 bridgehead atoms. The predicted molar refractivity (Wildman–Crippen MR) is 137 cm³/mol. The third kappa shape index (κ3) is 3.44. The monoisotopic (exact) mass is 552 g/mol. The molecule has 0 saturated carbocycles. The number of nitrogens with zero attached hydrogens (tertiary/aromatic N) is 3. The average molecular weight is 553 g/mol. The van der Waals surface area contributed by atoms with E-state index in [1.807, 2.05) is 42.5 Å². The minimum absolute atomic E-state index is 0.382. The van der Waals surface area contributed by atoms with Crippen molar-refractivity contribution in [2.75, 3.05) is 0 Å². The van der Waals surface area contributed by atoms with Crippen molar-refractivity contribution < 1.29 is 14.2 Å². The van der Waals surface area contributed by atoms with Crippen LogP contribution >= 0.6 is 15.9 Å². The fraction of sp³-hybridized carbons (Fsp3) is 0.241. The highest BCUT2D eigenvalue weighted by Crippen LogP contribution is 2.69. The molecule has 2 aliphatic rings. The molecule has 182 valence electrons. The van der Waals surface area contributed by atoms with E-state index in [4.69, 9.17) is 19.6 Å². The first-order chi connectivity index (χ1) is 17.9. The van der Waals surface area contributed by atoms with Crippen molar-refractivity contribution in [3.05, 3.63) is 100 Å². The second-order valence-electron chi connectivity index (χ2n) is 9.12. The van der Waals surface area contributed by atoms with E-state index in [9.17, 15) is 15.8 Å². The maximum Gasteiger partial charge on any atom is 0.244 e. The fourth-order valence-corrected chi connectivity index (χ4v) is 5.59. The number of fused-ring (bicyclic) bond motifs is 2. The van der Waals surface area contributed by atoms with Gasteiger partial charge in [0.05, 0.1) is 24.1 Å². The van der Waals surface area contributed by atoms with Gasteiger partial charge in [-0.05, 0) is 35.4 Å². The van der Waals surface area contributed by atoms with Crippen molar-refractivity contribution in [1.82, 2.24) is 0 Å². The van der Waals surface area contributed by atoms with Crippen LogP contribution in [0.4, 0.5) is 0 Å². The molecule has 5 rings (SSSR count).